The maximum absolute atomic E-state index is 11.8. The fourth-order valence-electron chi connectivity index (χ4n) is 1.28. The fraction of sp³-hybridized carbons (Fsp3) is 0.455. The maximum Gasteiger partial charge on any atom is 0.270 e. The first-order valence-electron chi connectivity index (χ1n) is 4.87. The highest BCUT2D eigenvalue weighted by atomic mass is 79.9. The number of ether oxygens (including phenoxy) is 1. The van der Waals surface area contributed by atoms with Crippen LogP contribution in [0.1, 0.15) is 24.3 Å². The van der Waals surface area contributed by atoms with Crippen LogP contribution in [0.25, 0.3) is 0 Å². The minimum atomic E-state index is -0.402. The first-order chi connectivity index (χ1) is 7.44. The van der Waals surface area contributed by atoms with E-state index in [4.69, 9.17) is 4.74 Å². The smallest absolute Gasteiger partial charge is 0.270 e. The van der Waals surface area contributed by atoms with Gasteiger partial charge in [0.05, 0.1) is 12.1 Å². The number of aromatic nitrogens is 1. The van der Waals surface area contributed by atoms with Crippen molar-refractivity contribution in [1.82, 2.24) is 10.3 Å². The minimum Gasteiger partial charge on any atom is -0.382 e. The molecule has 0 saturated heterocycles. The van der Waals surface area contributed by atoms with Gasteiger partial charge in [0.2, 0.25) is 0 Å². The molecule has 0 atom stereocenters. The molecule has 4 nitrogen and oxygen atoms in total. The predicted molar refractivity (Wildman–Crippen MR) is 65.4 cm³/mol. The van der Waals surface area contributed by atoms with Crippen molar-refractivity contribution in [2.75, 3.05) is 13.7 Å². The van der Waals surface area contributed by atoms with Crippen LogP contribution in [-0.2, 0) is 4.74 Å². The average molecular weight is 287 g/mol. The molecule has 0 aliphatic rings. The monoisotopic (exact) mass is 286 g/mol. The largest absolute Gasteiger partial charge is 0.382 e. The number of rotatable bonds is 4. The van der Waals surface area contributed by atoms with Crippen molar-refractivity contribution in [1.29, 1.82) is 0 Å². The summed E-state index contributed by atoms with van der Waals surface area (Å²) in [5, 5.41) is 2.85. The lowest BCUT2D eigenvalue weighted by molar-refractivity contribution is 0.0815. The Labute approximate surface area is 104 Å². The highest BCUT2D eigenvalue weighted by Crippen LogP contribution is 2.09. The molecule has 1 amide bonds. The third kappa shape index (κ3) is 3.90. The molecule has 5 heteroatoms. The third-order valence-electron chi connectivity index (χ3n) is 1.92. The highest BCUT2D eigenvalue weighted by Gasteiger charge is 2.21. The van der Waals surface area contributed by atoms with Gasteiger partial charge in [-0.25, -0.2) is 4.98 Å². The van der Waals surface area contributed by atoms with Crippen LogP contribution in [0.15, 0.2) is 22.8 Å². The number of hydrogen-bond donors (Lipinski definition) is 1. The van der Waals surface area contributed by atoms with Crippen molar-refractivity contribution < 1.29 is 9.53 Å². The first-order valence-corrected chi connectivity index (χ1v) is 5.67. The van der Waals surface area contributed by atoms with Crippen LogP contribution in [0.4, 0.5) is 0 Å². The number of hydrogen-bond acceptors (Lipinski definition) is 3. The second-order valence-electron chi connectivity index (χ2n) is 4.13. The molecule has 1 rings (SSSR count). The van der Waals surface area contributed by atoms with Gasteiger partial charge < -0.3 is 10.1 Å². The van der Waals surface area contributed by atoms with Crippen molar-refractivity contribution in [2.45, 2.75) is 19.4 Å². The number of amides is 1. The third-order valence-corrected chi connectivity index (χ3v) is 2.39. The molecule has 0 spiro atoms. The summed E-state index contributed by atoms with van der Waals surface area (Å²) in [6, 6.07) is 3.45. The lowest BCUT2D eigenvalue weighted by Crippen LogP contribution is -2.47. The van der Waals surface area contributed by atoms with E-state index in [0.717, 1.165) is 4.47 Å². The van der Waals surface area contributed by atoms with E-state index >= 15 is 0 Å². The normalized spacial score (nSPS) is 11.2. The molecule has 0 fully saturated rings. The Morgan fingerprint density at radius 3 is 2.75 bits per heavy atom. The lowest BCUT2D eigenvalue weighted by Gasteiger charge is -2.24. The Bertz CT molecular complexity index is 363. The zero-order valence-corrected chi connectivity index (χ0v) is 11.2. The standard InChI is InChI=1S/C11H15BrN2O2/c1-11(2,7-16-3)14-10(15)9-5-4-8(12)6-13-9/h4-6H,7H2,1-3H3,(H,14,15). The number of methoxy groups -OCH3 is 1. The lowest BCUT2D eigenvalue weighted by atomic mass is 10.1. The average Bonchev–Trinajstić information content (AvgIpc) is 2.17. The molecule has 1 aromatic rings. The maximum atomic E-state index is 11.8. The van der Waals surface area contributed by atoms with Crippen LogP contribution < -0.4 is 5.32 Å². The summed E-state index contributed by atoms with van der Waals surface area (Å²) < 4.78 is 5.87. The predicted octanol–water partition coefficient (Wildman–Crippen LogP) is 2.00. The Balaban J connectivity index is 2.69. The molecule has 1 N–H and O–H groups in total. The van der Waals surface area contributed by atoms with E-state index < -0.39 is 5.54 Å². The molecule has 0 unspecified atom stereocenters. The van der Waals surface area contributed by atoms with Gasteiger partial charge in [-0.15, -0.1) is 0 Å². The van der Waals surface area contributed by atoms with Crippen LogP contribution in [-0.4, -0.2) is 30.1 Å². The van der Waals surface area contributed by atoms with Crippen molar-refractivity contribution >= 4 is 21.8 Å². The molecule has 0 aromatic carbocycles. The number of carbonyl (C=O) groups excluding carboxylic acids is 1. The van der Waals surface area contributed by atoms with E-state index in [0.29, 0.717) is 12.3 Å². The molecule has 16 heavy (non-hydrogen) atoms. The van der Waals surface area contributed by atoms with Gasteiger partial charge in [-0.3, -0.25) is 4.79 Å². The van der Waals surface area contributed by atoms with Crippen LogP contribution in [0.2, 0.25) is 0 Å². The Morgan fingerprint density at radius 1 is 1.56 bits per heavy atom. The Hall–Kier alpha value is -0.940. The molecule has 0 bridgehead atoms. The molecule has 0 aliphatic heterocycles. The second-order valence-corrected chi connectivity index (χ2v) is 5.05. The second kappa shape index (κ2) is 5.41. The molecule has 1 heterocycles. The summed E-state index contributed by atoms with van der Waals surface area (Å²) >= 11 is 3.27. The van der Waals surface area contributed by atoms with Gasteiger partial charge in [-0.1, -0.05) is 0 Å². The highest BCUT2D eigenvalue weighted by molar-refractivity contribution is 9.10. The number of pyridine rings is 1. The van der Waals surface area contributed by atoms with Gasteiger partial charge >= 0.3 is 0 Å². The number of nitrogens with one attached hydrogen (secondary N) is 1. The molecular formula is C11H15BrN2O2. The minimum absolute atomic E-state index is 0.199. The van der Waals surface area contributed by atoms with E-state index in [1.54, 1.807) is 25.4 Å². The SMILES string of the molecule is COCC(C)(C)NC(=O)c1ccc(Br)cn1. The molecule has 0 saturated carbocycles. The van der Waals surface area contributed by atoms with Gasteiger partial charge in [0.25, 0.3) is 5.91 Å². The Kier molecular flexibility index (Phi) is 4.44. The molecular weight excluding hydrogens is 272 g/mol. The summed E-state index contributed by atoms with van der Waals surface area (Å²) in [7, 11) is 1.60. The van der Waals surface area contributed by atoms with Gasteiger partial charge in [0.1, 0.15) is 5.69 Å². The van der Waals surface area contributed by atoms with Crippen molar-refractivity contribution in [2.24, 2.45) is 0 Å². The topological polar surface area (TPSA) is 51.2 Å². The van der Waals surface area contributed by atoms with Crippen molar-refractivity contribution in [3.8, 4) is 0 Å². The van der Waals surface area contributed by atoms with Crippen LogP contribution in [0.5, 0.6) is 0 Å². The van der Waals surface area contributed by atoms with E-state index in [1.165, 1.54) is 0 Å². The fourth-order valence-corrected chi connectivity index (χ4v) is 1.51. The Morgan fingerprint density at radius 2 is 2.25 bits per heavy atom. The number of halogens is 1. The summed E-state index contributed by atoms with van der Waals surface area (Å²) in [5.41, 5.74) is -0.00648. The molecule has 88 valence electrons. The molecule has 0 radical (unpaired) electrons. The van der Waals surface area contributed by atoms with Crippen molar-refractivity contribution in [3.63, 3.8) is 0 Å². The summed E-state index contributed by atoms with van der Waals surface area (Å²) in [6.07, 6.45) is 1.60. The summed E-state index contributed by atoms with van der Waals surface area (Å²) in [5.74, 6) is -0.199. The van der Waals surface area contributed by atoms with Gasteiger partial charge in [-0.2, -0.15) is 0 Å². The van der Waals surface area contributed by atoms with Gasteiger partial charge in [0, 0.05) is 17.8 Å². The van der Waals surface area contributed by atoms with E-state index in [9.17, 15) is 4.79 Å². The first kappa shape index (κ1) is 13.1. The van der Waals surface area contributed by atoms with Gasteiger partial charge in [0.15, 0.2) is 0 Å². The van der Waals surface area contributed by atoms with E-state index in [2.05, 4.69) is 26.2 Å². The molecule has 1 aromatic heterocycles. The van der Waals surface area contributed by atoms with Gasteiger partial charge in [-0.05, 0) is 41.9 Å². The van der Waals surface area contributed by atoms with Crippen molar-refractivity contribution in [3.05, 3.63) is 28.5 Å². The zero-order valence-electron chi connectivity index (χ0n) is 9.58. The van der Waals surface area contributed by atoms with E-state index in [-0.39, 0.29) is 5.91 Å². The van der Waals surface area contributed by atoms with Crippen LogP contribution >= 0.6 is 15.9 Å². The van der Waals surface area contributed by atoms with E-state index in [1.807, 2.05) is 13.8 Å². The molecule has 0 aliphatic carbocycles. The summed E-state index contributed by atoms with van der Waals surface area (Å²) in [4.78, 5) is 15.8. The van der Waals surface area contributed by atoms with Crippen LogP contribution in [0.3, 0.4) is 0 Å². The quantitative estimate of drug-likeness (QED) is 0.921. The summed E-state index contributed by atoms with van der Waals surface area (Å²) in [6.45, 7) is 4.25. The zero-order chi connectivity index (χ0) is 12.2. The number of carbonyl (C=O) groups is 1. The number of nitrogens with zero attached hydrogens (tertiary/aromatic N) is 1. The van der Waals surface area contributed by atoms with Crippen LogP contribution in [0, 0.1) is 0 Å².